The fraction of sp³-hybridized carbons (Fsp3) is 0.562. The number of methoxy groups -OCH3 is 1. The van der Waals surface area contributed by atoms with Crippen molar-refractivity contribution in [1.82, 2.24) is 5.32 Å². The molecule has 0 fully saturated rings. The first-order valence-corrected chi connectivity index (χ1v) is 6.72. The summed E-state index contributed by atoms with van der Waals surface area (Å²) in [4.78, 5) is 10.9. The first-order chi connectivity index (χ1) is 8.86. The summed E-state index contributed by atoms with van der Waals surface area (Å²) in [5.74, 6) is 1.15. The second-order valence-electron chi connectivity index (χ2n) is 5.70. The number of benzene rings is 1. The largest absolute Gasteiger partial charge is 0.496 e. The third-order valence-corrected chi connectivity index (χ3v) is 3.40. The molecule has 0 aromatic heterocycles. The zero-order chi connectivity index (χ0) is 14.5. The van der Waals surface area contributed by atoms with Crippen LogP contribution >= 0.6 is 0 Å². The second-order valence-corrected chi connectivity index (χ2v) is 5.70. The van der Waals surface area contributed by atoms with E-state index in [1.54, 1.807) is 14.0 Å². The van der Waals surface area contributed by atoms with Crippen LogP contribution in [0.5, 0.6) is 5.75 Å². The van der Waals surface area contributed by atoms with Crippen LogP contribution in [-0.4, -0.2) is 26.0 Å². The van der Waals surface area contributed by atoms with Gasteiger partial charge >= 0.3 is 0 Å². The Hall–Kier alpha value is -1.35. The Labute approximate surface area is 116 Å². The number of ether oxygens (including phenoxy) is 1. The predicted octanol–water partition coefficient (Wildman–Crippen LogP) is 2.85. The van der Waals surface area contributed by atoms with E-state index in [1.807, 2.05) is 6.07 Å². The van der Waals surface area contributed by atoms with E-state index < -0.39 is 0 Å². The minimum atomic E-state index is 0.0355. The molecule has 0 bridgehead atoms. The lowest BCUT2D eigenvalue weighted by molar-refractivity contribution is -0.116. The molecule has 1 aromatic carbocycles. The molecule has 0 aliphatic rings. The van der Waals surface area contributed by atoms with Gasteiger partial charge in [-0.15, -0.1) is 0 Å². The second kappa shape index (κ2) is 6.71. The zero-order valence-corrected chi connectivity index (χ0v) is 12.7. The van der Waals surface area contributed by atoms with E-state index in [0.29, 0.717) is 6.42 Å². The monoisotopic (exact) mass is 263 g/mol. The third-order valence-electron chi connectivity index (χ3n) is 3.40. The van der Waals surface area contributed by atoms with E-state index in [9.17, 15) is 4.79 Å². The molecule has 1 rings (SSSR count). The fourth-order valence-electron chi connectivity index (χ4n) is 2.07. The van der Waals surface area contributed by atoms with Gasteiger partial charge in [-0.25, -0.2) is 0 Å². The first kappa shape index (κ1) is 15.7. The summed E-state index contributed by atoms with van der Waals surface area (Å²) in [5.41, 5.74) is 2.46. The number of ketones is 1. The van der Waals surface area contributed by atoms with Gasteiger partial charge in [0.15, 0.2) is 0 Å². The van der Waals surface area contributed by atoms with Crippen molar-refractivity contribution in [3.05, 3.63) is 29.3 Å². The fourth-order valence-corrected chi connectivity index (χ4v) is 2.07. The molecule has 1 aromatic rings. The van der Waals surface area contributed by atoms with Crippen LogP contribution in [-0.2, 0) is 10.2 Å². The molecule has 0 heterocycles. The van der Waals surface area contributed by atoms with Gasteiger partial charge in [-0.2, -0.15) is 0 Å². The van der Waals surface area contributed by atoms with Crippen LogP contribution in [0, 0.1) is 6.92 Å². The summed E-state index contributed by atoms with van der Waals surface area (Å²) >= 11 is 0. The van der Waals surface area contributed by atoms with Gasteiger partial charge in [0.2, 0.25) is 0 Å². The van der Waals surface area contributed by atoms with E-state index in [0.717, 1.165) is 24.4 Å². The first-order valence-electron chi connectivity index (χ1n) is 6.72. The lowest BCUT2D eigenvalue weighted by atomic mass is 9.83. The highest BCUT2D eigenvalue weighted by atomic mass is 16.5. The van der Waals surface area contributed by atoms with Gasteiger partial charge in [0, 0.05) is 24.9 Å². The number of hydrogen-bond donors (Lipinski definition) is 1. The average molecular weight is 263 g/mol. The number of Topliss-reactive ketones (excluding diaryl/α,β-unsaturated/α-hetero) is 1. The van der Waals surface area contributed by atoms with E-state index in [2.05, 4.69) is 38.2 Å². The molecular weight excluding hydrogens is 238 g/mol. The molecule has 0 aliphatic carbocycles. The van der Waals surface area contributed by atoms with Gasteiger partial charge in [0.25, 0.3) is 0 Å². The molecular formula is C16H25NO2. The van der Waals surface area contributed by atoms with Crippen molar-refractivity contribution >= 4 is 5.78 Å². The van der Waals surface area contributed by atoms with Crippen LogP contribution in [0.15, 0.2) is 18.2 Å². The van der Waals surface area contributed by atoms with Gasteiger partial charge in [0.05, 0.1) is 7.11 Å². The smallest absolute Gasteiger partial charge is 0.131 e. The van der Waals surface area contributed by atoms with E-state index in [4.69, 9.17) is 4.74 Å². The van der Waals surface area contributed by atoms with Crippen LogP contribution in [0.2, 0.25) is 0 Å². The molecule has 0 saturated carbocycles. The van der Waals surface area contributed by atoms with Crippen molar-refractivity contribution in [1.29, 1.82) is 0 Å². The Kier molecular flexibility index (Phi) is 5.55. The van der Waals surface area contributed by atoms with Crippen molar-refractivity contribution in [3.8, 4) is 5.75 Å². The average Bonchev–Trinajstić information content (AvgIpc) is 2.34. The highest BCUT2D eigenvalue weighted by Crippen LogP contribution is 2.27. The van der Waals surface area contributed by atoms with E-state index in [1.165, 1.54) is 5.56 Å². The van der Waals surface area contributed by atoms with Gasteiger partial charge < -0.3 is 10.1 Å². The molecule has 3 nitrogen and oxygen atoms in total. The van der Waals surface area contributed by atoms with Crippen molar-refractivity contribution in [3.63, 3.8) is 0 Å². The van der Waals surface area contributed by atoms with Crippen LogP contribution in [0.25, 0.3) is 0 Å². The summed E-state index contributed by atoms with van der Waals surface area (Å²) < 4.78 is 5.28. The maximum Gasteiger partial charge on any atom is 0.131 e. The number of rotatable bonds is 7. The summed E-state index contributed by atoms with van der Waals surface area (Å²) in [6.07, 6.45) is 0.595. The van der Waals surface area contributed by atoms with Crippen molar-refractivity contribution in [2.24, 2.45) is 0 Å². The maximum atomic E-state index is 10.9. The van der Waals surface area contributed by atoms with Crippen molar-refractivity contribution in [2.45, 2.75) is 39.5 Å². The summed E-state index contributed by atoms with van der Waals surface area (Å²) in [6.45, 7) is 9.69. The zero-order valence-electron chi connectivity index (χ0n) is 12.7. The van der Waals surface area contributed by atoms with Crippen LogP contribution < -0.4 is 10.1 Å². The number of nitrogens with one attached hydrogen (secondary N) is 1. The van der Waals surface area contributed by atoms with Crippen LogP contribution in [0.4, 0.5) is 0 Å². The number of hydrogen-bond acceptors (Lipinski definition) is 3. The Morgan fingerprint density at radius 2 is 2.05 bits per heavy atom. The Bertz CT molecular complexity index is 438. The van der Waals surface area contributed by atoms with Gasteiger partial charge in [-0.3, -0.25) is 4.79 Å². The normalized spacial score (nSPS) is 11.4. The molecule has 3 heteroatoms. The lowest BCUT2D eigenvalue weighted by Gasteiger charge is -2.26. The molecule has 1 N–H and O–H groups in total. The molecule has 0 atom stereocenters. The Morgan fingerprint density at radius 1 is 1.37 bits per heavy atom. The van der Waals surface area contributed by atoms with Gasteiger partial charge in [0.1, 0.15) is 11.5 Å². The Balaban J connectivity index is 2.66. The number of aryl methyl sites for hydroxylation is 1. The summed E-state index contributed by atoms with van der Waals surface area (Å²) in [7, 11) is 1.69. The number of carbonyl (C=O) groups is 1. The summed E-state index contributed by atoms with van der Waals surface area (Å²) in [5, 5.41) is 3.35. The summed E-state index contributed by atoms with van der Waals surface area (Å²) in [6, 6.07) is 6.30. The predicted molar refractivity (Wildman–Crippen MR) is 78.9 cm³/mol. The molecule has 106 valence electrons. The molecule has 0 aliphatic heterocycles. The van der Waals surface area contributed by atoms with Gasteiger partial charge in [-0.1, -0.05) is 26.0 Å². The maximum absolute atomic E-state index is 10.9. The molecule has 0 unspecified atom stereocenters. The van der Waals surface area contributed by atoms with Crippen molar-refractivity contribution in [2.75, 3.05) is 20.2 Å². The molecule has 0 saturated heterocycles. The topological polar surface area (TPSA) is 38.3 Å². The number of carbonyl (C=O) groups excluding carboxylic acids is 1. The minimum absolute atomic E-state index is 0.0355. The highest BCUT2D eigenvalue weighted by Gasteiger charge is 2.20. The van der Waals surface area contributed by atoms with Crippen molar-refractivity contribution < 1.29 is 9.53 Å². The third kappa shape index (κ3) is 4.67. The molecule has 0 amide bonds. The van der Waals surface area contributed by atoms with Crippen LogP contribution in [0.3, 0.4) is 0 Å². The highest BCUT2D eigenvalue weighted by molar-refractivity contribution is 5.75. The molecule has 0 spiro atoms. The van der Waals surface area contributed by atoms with E-state index in [-0.39, 0.29) is 11.2 Å². The van der Waals surface area contributed by atoms with E-state index >= 15 is 0 Å². The Morgan fingerprint density at radius 3 is 2.58 bits per heavy atom. The standard InChI is InChI=1S/C16H25NO2/c1-12-10-14(6-7-15(12)19-5)16(3,4)11-17-9-8-13(2)18/h6-7,10,17H,8-9,11H2,1-5H3. The minimum Gasteiger partial charge on any atom is -0.496 e. The molecule has 19 heavy (non-hydrogen) atoms. The molecule has 0 radical (unpaired) electrons. The SMILES string of the molecule is COc1ccc(C(C)(C)CNCCC(C)=O)cc1C. The van der Waals surface area contributed by atoms with Crippen LogP contribution in [0.1, 0.15) is 38.3 Å². The lowest BCUT2D eigenvalue weighted by Crippen LogP contribution is -2.34. The van der Waals surface area contributed by atoms with Gasteiger partial charge in [-0.05, 0) is 31.0 Å². The quantitative estimate of drug-likeness (QED) is 0.769.